The Morgan fingerprint density at radius 2 is 1.94 bits per heavy atom. The van der Waals surface area contributed by atoms with Crippen molar-refractivity contribution >= 4 is 5.97 Å². The van der Waals surface area contributed by atoms with Gasteiger partial charge in [-0.2, -0.15) is 0 Å². The van der Waals surface area contributed by atoms with E-state index in [0.717, 1.165) is 12.2 Å². The van der Waals surface area contributed by atoms with Crippen LogP contribution in [0.1, 0.15) is 13.3 Å². The minimum Gasteiger partial charge on any atom is -0.497 e. The molecule has 0 unspecified atom stereocenters. The van der Waals surface area contributed by atoms with Crippen LogP contribution in [0.15, 0.2) is 24.3 Å². The number of epoxide rings is 1. The number of rotatable bonds is 4. The standard InChI is InChI=1S/C12H14O4/c1-3-10-11(16-10)12(13)15-9-6-4-8(14-2)5-7-9/h4-7,10-11H,3H2,1-2H3/t10-,11+/m1/s1. The first-order valence-corrected chi connectivity index (χ1v) is 5.25. The molecule has 1 aromatic carbocycles. The Balaban J connectivity index is 1.91. The Bertz CT molecular complexity index is 371. The molecule has 1 heterocycles. The second-order valence-corrected chi connectivity index (χ2v) is 3.60. The van der Waals surface area contributed by atoms with Crippen molar-refractivity contribution in [2.75, 3.05) is 7.11 Å². The Labute approximate surface area is 94.1 Å². The lowest BCUT2D eigenvalue weighted by Crippen LogP contribution is -2.16. The lowest BCUT2D eigenvalue weighted by Gasteiger charge is -2.03. The van der Waals surface area contributed by atoms with Crippen LogP contribution in [0.5, 0.6) is 11.5 Å². The molecule has 1 aliphatic rings. The summed E-state index contributed by atoms with van der Waals surface area (Å²) in [5, 5.41) is 0. The van der Waals surface area contributed by atoms with E-state index in [0.29, 0.717) is 5.75 Å². The molecule has 1 saturated heterocycles. The topological polar surface area (TPSA) is 48.1 Å². The molecule has 0 aromatic heterocycles. The first-order valence-electron chi connectivity index (χ1n) is 5.25. The molecule has 2 rings (SSSR count). The highest BCUT2D eigenvalue weighted by atomic mass is 16.6. The molecule has 2 atom stereocenters. The smallest absolute Gasteiger partial charge is 0.343 e. The molecule has 1 aromatic rings. The highest BCUT2D eigenvalue weighted by molar-refractivity contribution is 5.80. The Hall–Kier alpha value is -1.55. The zero-order valence-electron chi connectivity index (χ0n) is 9.30. The lowest BCUT2D eigenvalue weighted by molar-refractivity contribution is -0.135. The molecule has 0 saturated carbocycles. The Morgan fingerprint density at radius 3 is 2.44 bits per heavy atom. The zero-order chi connectivity index (χ0) is 11.5. The van der Waals surface area contributed by atoms with Crippen molar-refractivity contribution in [1.82, 2.24) is 0 Å². The van der Waals surface area contributed by atoms with E-state index < -0.39 is 0 Å². The summed E-state index contributed by atoms with van der Waals surface area (Å²) in [6.45, 7) is 1.98. The third-order valence-corrected chi connectivity index (χ3v) is 2.50. The van der Waals surface area contributed by atoms with Gasteiger partial charge in [-0.1, -0.05) is 6.92 Å². The maximum Gasteiger partial charge on any atom is 0.343 e. The van der Waals surface area contributed by atoms with Gasteiger partial charge in [0.2, 0.25) is 0 Å². The van der Waals surface area contributed by atoms with Gasteiger partial charge in [0, 0.05) is 0 Å². The third kappa shape index (κ3) is 2.33. The molecule has 4 nitrogen and oxygen atoms in total. The molecule has 1 fully saturated rings. The summed E-state index contributed by atoms with van der Waals surface area (Å²) in [6.07, 6.45) is 0.486. The Kier molecular flexibility index (Phi) is 3.10. The number of ether oxygens (including phenoxy) is 3. The maximum absolute atomic E-state index is 11.5. The van der Waals surface area contributed by atoms with Gasteiger partial charge in [-0.05, 0) is 30.7 Å². The van der Waals surface area contributed by atoms with E-state index in [1.165, 1.54) is 0 Å². The van der Waals surface area contributed by atoms with Gasteiger partial charge in [0.1, 0.15) is 11.5 Å². The van der Waals surface area contributed by atoms with Gasteiger partial charge in [-0.3, -0.25) is 0 Å². The summed E-state index contributed by atoms with van der Waals surface area (Å²) in [5.41, 5.74) is 0. The SMILES string of the molecule is CC[C@H]1O[C@@H]1C(=O)Oc1ccc(OC)cc1. The fourth-order valence-corrected chi connectivity index (χ4v) is 1.48. The van der Waals surface area contributed by atoms with Crippen LogP contribution < -0.4 is 9.47 Å². The van der Waals surface area contributed by atoms with E-state index in [1.54, 1.807) is 31.4 Å². The summed E-state index contributed by atoms with van der Waals surface area (Å²) in [6, 6.07) is 6.88. The zero-order valence-corrected chi connectivity index (χ0v) is 9.30. The molecule has 0 aliphatic carbocycles. The minimum absolute atomic E-state index is 0.0331. The highest BCUT2D eigenvalue weighted by Gasteiger charge is 2.45. The molecule has 16 heavy (non-hydrogen) atoms. The largest absolute Gasteiger partial charge is 0.497 e. The van der Waals surface area contributed by atoms with E-state index >= 15 is 0 Å². The van der Waals surface area contributed by atoms with Crippen molar-refractivity contribution in [3.8, 4) is 11.5 Å². The molecule has 1 aliphatic heterocycles. The van der Waals surface area contributed by atoms with Crippen LogP contribution in [0.25, 0.3) is 0 Å². The predicted molar refractivity (Wildman–Crippen MR) is 57.6 cm³/mol. The van der Waals surface area contributed by atoms with E-state index in [4.69, 9.17) is 14.2 Å². The summed E-state index contributed by atoms with van der Waals surface area (Å²) >= 11 is 0. The number of methoxy groups -OCH3 is 1. The van der Waals surface area contributed by atoms with Crippen molar-refractivity contribution in [3.63, 3.8) is 0 Å². The van der Waals surface area contributed by atoms with Crippen LogP contribution in [0.4, 0.5) is 0 Å². The van der Waals surface area contributed by atoms with Crippen LogP contribution in [-0.2, 0) is 9.53 Å². The number of esters is 1. The van der Waals surface area contributed by atoms with Gasteiger partial charge < -0.3 is 14.2 Å². The van der Waals surface area contributed by atoms with Crippen molar-refractivity contribution in [3.05, 3.63) is 24.3 Å². The van der Waals surface area contributed by atoms with E-state index in [2.05, 4.69) is 0 Å². The van der Waals surface area contributed by atoms with Gasteiger partial charge in [-0.15, -0.1) is 0 Å². The number of hydrogen-bond acceptors (Lipinski definition) is 4. The average molecular weight is 222 g/mol. The molecule has 0 amide bonds. The number of benzene rings is 1. The van der Waals surface area contributed by atoms with Crippen LogP contribution >= 0.6 is 0 Å². The first-order chi connectivity index (χ1) is 7.74. The maximum atomic E-state index is 11.5. The highest BCUT2D eigenvalue weighted by Crippen LogP contribution is 2.27. The van der Waals surface area contributed by atoms with Gasteiger partial charge >= 0.3 is 5.97 Å². The first kappa shape index (κ1) is 11.0. The number of carbonyl (C=O) groups is 1. The molecular formula is C12H14O4. The summed E-state index contributed by atoms with van der Waals surface area (Å²) in [7, 11) is 1.59. The molecule has 0 radical (unpaired) electrons. The van der Waals surface area contributed by atoms with Crippen molar-refractivity contribution in [2.45, 2.75) is 25.6 Å². The van der Waals surface area contributed by atoms with Crippen LogP contribution in [-0.4, -0.2) is 25.3 Å². The normalized spacial score (nSPS) is 22.6. The van der Waals surface area contributed by atoms with Crippen LogP contribution in [0.2, 0.25) is 0 Å². The van der Waals surface area contributed by atoms with Gasteiger partial charge in [0.15, 0.2) is 6.10 Å². The quantitative estimate of drug-likeness (QED) is 0.442. The molecule has 4 heteroatoms. The molecule has 0 spiro atoms. The monoisotopic (exact) mass is 222 g/mol. The third-order valence-electron chi connectivity index (χ3n) is 2.50. The average Bonchev–Trinajstić information content (AvgIpc) is 3.09. The Morgan fingerprint density at radius 1 is 1.31 bits per heavy atom. The fraction of sp³-hybridized carbons (Fsp3) is 0.417. The molecule has 0 bridgehead atoms. The van der Waals surface area contributed by atoms with Crippen molar-refractivity contribution < 1.29 is 19.0 Å². The van der Waals surface area contributed by atoms with E-state index in [1.807, 2.05) is 6.92 Å². The van der Waals surface area contributed by atoms with E-state index in [-0.39, 0.29) is 18.2 Å². The summed E-state index contributed by atoms with van der Waals surface area (Å²) in [5.74, 6) is 0.919. The second kappa shape index (κ2) is 4.53. The van der Waals surface area contributed by atoms with Gasteiger partial charge in [0.05, 0.1) is 13.2 Å². The lowest BCUT2D eigenvalue weighted by atomic mass is 10.2. The number of hydrogen-bond donors (Lipinski definition) is 0. The minimum atomic E-state index is -0.382. The second-order valence-electron chi connectivity index (χ2n) is 3.60. The van der Waals surface area contributed by atoms with Crippen molar-refractivity contribution in [1.29, 1.82) is 0 Å². The fourth-order valence-electron chi connectivity index (χ4n) is 1.48. The van der Waals surface area contributed by atoms with Crippen molar-refractivity contribution in [2.24, 2.45) is 0 Å². The van der Waals surface area contributed by atoms with Crippen LogP contribution in [0.3, 0.4) is 0 Å². The molecular weight excluding hydrogens is 208 g/mol. The number of carbonyl (C=O) groups excluding carboxylic acids is 1. The summed E-state index contributed by atoms with van der Waals surface area (Å²) < 4.78 is 15.3. The predicted octanol–water partition coefficient (Wildman–Crippen LogP) is 1.78. The van der Waals surface area contributed by atoms with Gasteiger partial charge in [-0.25, -0.2) is 4.79 Å². The van der Waals surface area contributed by atoms with Crippen LogP contribution in [0, 0.1) is 0 Å². The molecule has 86 valence electrons. The van der Waals surface area contributed by atoms with E-state index in [9.17, 15) is 4.79 Å². The van der Waals surface area contributed by atoms with Gasteiger partial charge in [0.25, 0.3) is 0 Å². The molecule has 0 N–H and O–H groups in total. The summed E-state index contributed by atoms with van der Waals surface area (Å²) in [4.78, 5) is 11.5.